The molecule has 1 aliphatic carbocycles. The van der Waals surface area contributed by atoms with Crippen molar-refractivity contribution in [3.63, 3.8) is 0 Å². The molecule has 0 radical (unpaired) electrons. The van der Waals surface area contributed by atoms with Gasteiger partial charge < -0.3 is 15.5 Å². The molecule has 1 atom stereocenters. The first kappa shape index (κ1) is 34.4. The van der Waals surface area contributed by atoms with Gasteiger partial charge in [0.2, 0.25) is 0 Å². The summed E-state index contributed by atoms with van der Waals surface area (Å²) in [6.45, 7) is 16.3. The normalized spacial score (nSPS) is 18.2. The van der Waals surface area contributed by atoms with E-state index in [1.165, 1.54) is 49.7 Å². The van der Waals surface area contributed by atoms with Crippen LogP contribution in [0, 0.1) is 12.8 Å². The predicted octanol–water partition coefficient (Wildman–Crippen LogP) is 12.3. The van der Waals surface area contributed by atoms with Gasteiger partial charge in [0.25, 0.3) is 0 Å². The second-order valence-electron chi connectivity index (χ2n) is 13.8. The molecule has 0 fully saturated rings. The van der Waals surface area contributed by atoms with E-state index < -0.39 is 0 Å². The highest BCUT2D eigenvalue weighted by Gasteiger charge is 2.23. The molecular weight excluding hydrogens is 631 g/mol. The standard InChI is InChI=1S/C49H47N3/c1-7-14-39-15-10-11-19-45(39)40-23-21-38(22-24-40)36(5)52(6)32-50-48-30-34(3)44-18-12-13-20-47(44)51-43-27-25-37(26-28-43)35(4)49(48)46-31-42-17-9-8-16-41(42)29-33(46)2/h7-25,27-31,37,50-51H,3,5,26,32H2,1-2,4,6H3/b14-7-,48-30+,49-35+. The molecule has 8 rings (SSSR count). The Bertz CT molecular complexity index is 2330. The smallest absolute Gasteiger partial charge is 0.0873 e. The lowest BCUT2D eigenvalue weighted by molar-refractivity contribution is 0.455. The van der Waals surface area contributed by atoms with Gasteiger partial charge >= 0.3 is 0 Å². The summed E-state index contributed by atoms with van der Waals surface area (Å²) in [5.41, 5.74) is 15.9. The minimum absolute atomic E-state index is 0.253. The van der Waals surface area contributed by atoms with Gasteiger partial charge in [-0.1, -0.05) is 140 Å². The minimum atomic E-state index is 0.253. The average molecular weight is 678 g/mol. The van der Waals surface area contributed by atoms with Gasteiger partial charge in [0, 0.05) is 46.9 Å². The summed E-state index contributed by atoms with van der Waals surface area (Å²) in [7, 11) is 2.10. The van der Waals surface area contributed by atoms with Crippen molar-refractivity contribution in [3.05, 3.63) is 198 Å². The van der Waals surface area contributed by atoms with Crippen LogP contribution in [0.4, 0.5) is 5.69 Å². The summed E-state index contributed by atoms with van der Waals surface area (Å²) in [4.78, 5) is 2.19. The third-order valence-corrected chi connectivity index (χ3v) is 10.4. The second-order valence-corrected chi connectivity index (χ2v) is 13.8. The lowest BCUT2D eigenvalue weighted by Crippen LogP contribution is -2.30. The second kappa shape index (κ2) is 15.0. The maximum absolute atomic E-state index is 4.63. The maximum atomic E-state index is 4.63. The molecule has 3 aliphatic rings. The first-order valence-corrected chi connectivity index (χ1v) is 18.1. The van der Waals surface area contributed by atoms with Gasteiger partial charge in [0.1, 0.15) is 0 Å². The fourth-order valence-corrected chi connectivity index (χ4v) is 7.35. The summed E-state index contributed by atoms with van der Waals surface area (Å²) in [5.74, 6) is 0.253. The molecule has 0 spiro atoms. The van der Waals surface area contributed by atoms with Crippen molar-refractivity contribution in [2.45, 2.75) is 27.2 Å². The number of aryl methyl sites for hydroxylation is 1. The number of fused-ring (bicyclic) bond motifs is 4. The summed E-state index contributed by atoms with van der Waals surface area (Å²) < 4.78 is 0. The number of anilines is 1. The number of hydrogen-bond acceptors (Lipinski definition) is 3. The van der Waals surface area contributed by atoms with Crippen LogP contribution in [-0.2, 0) is 0 Å². The van der Waals surface area contributed by atoms with E-state index in [-0.39, 0.29) is 5.92 Å². The van der Waals surface area contributed by atoms with Crippen LogP contribution in [0.2, 0.25) is 0 Å². The molecule has 5 aromatic carbocycles. The Morgan fingerprint density at radius 1 is 0.865 bits per heavy atom. The molecule has 0 saturated carbocycles. The Labute approximate surface area is 309 Å². The zero-order chi connectivity index (χ0) is 36.2. The molecule has 258 valence electrons. The molecule has 2 N–H and O–H groups in total. The number of rotatable bonds is 8. The molecule has 52 heavy (non-hydrogen) atoms. The Hall–Kier alpha value is -6.06. The molecule has 2 bridgehead atoms. The largest absolute Gasteiger partial charge is 0.367 e. The van der Waals surface area contributed by atoms with E-state index >= 15 is 0 Å². The topological polar surface area (TPSA) is 27.3 Å². The lowest BCUT2D eigenvalue weighted by Gasteiger charge is -2.29. The first-order chi connectivity index (χ1) is 25.3. The van der Waals surface area contributed by atoms with E-state index in [2.05, 4.69) is 202 Å². The highest BCUT2D eigenvalue weighted by Crippen LogP contribution is 2.39. The van der Waals surface area contributed by atoms with Gasteiger partial charge in [-0.25, -0.2) is 0 Å². The summed E-state index contributed by atoms with van der Waals surface area (Å²) in [5, 5.41) is 10.0. The van der Waals surface area contributed by atoms with Crippen LogP contribution >= 0.6 is 0 Å². The van der Waals surface area contributed by atoms with Crippen LogP contribution < -0.4 is 10.6 Å². The van der Waals surface area contributed by atoms with E-state index in [1.54, 1.807) is 0 Å². The third kappa shape index (κ3) is 7.08. The molecule has 2 aliphatic heterocycles. The van der Waals surface area contributed by atoms with Gasteiger partial charge in [-0.3, -0.25) is 0 Å². The molecule has 2 heterocycles. The number of nitrogens with one attached hydrogen (secondary N) is 2. The summed E-state index contributed by atoms with van der Waals surface area (Å²) in [6.07, 6.45) is 14.3. The highest BCUT2D eigenvalue weighted by molar-refractivity contribution is 5.94. The SMILES string of the molecule is C=C1/C=C(NCN(C)C(=C)c2ccc(-c3ccccc3/C=C\C)cc2)\C(c2cc3ccccc3cc2C)=C(/C)C2C=CC(=CC2)Nc2ccccc21. The number of hydrogen-bond donors (Lipinski definition) is 2. The minimum Gasteiger partial charge on any atom is -0.367 e. The Kier molecular flexibility index (Phi) is 9.95. The van der Waals surface area contributed by atoms with Crippen LogP contribution in [-0.4, -0.2) is 18.6 Å². The van der Waals surface area contributed by atoms with E-state index in [0.29, 0.717) is 6.67 Å². The van der Waals surface area contributed by atoms with Crippen molar-refractivity contribution in [2.75, 3.05) is 19.0 Å². The fourth-order valence-electron chi connectivity index (χ4n) is 7.35. The fraction of sp³-hybridized carbons (Fsp3) is 0.143. The Morgan fingerprint density at radius 2 is 1.56 bits per heavy atom. The van der Waals surface area contributed by atoms with E-state index in [9.17, 15) is 0 Å². The predicted molar refractivity (Wildman–Crippen MR) is 225 cm³/mol. The van der Waals surface area contributed by atoms with Crippen molar-refractivity contribution in [1.82, 2.24) is 10.2 Å². The van der Waals surface area contributed by atoms with Gasteiger partial charge in [0.05, 0.1) is 6.67 Å². The Morgan fingerprint density at radius 3 is 2.29 bits per heavy atom. The molecule has 0 aromatic heterocycles. The maximum Gasteiger partial charge on any atom is 0.0873 e. The quantitative estimate of drug-likeness (QED) is 0.160. The van der Waals surface area contributed by atoms with Crippen molar-refractivity contribution < 1.29 is 0 Å². The van der Waals surface area contributed by atoms with E-state index in [0.717, 1.165) is 45.9 Å². The molecule has 1 unspecified atom stereocenters. The average Bonchev–Trinajstić information content (AvgIpc) is 3.17. The number of benzene rings is 5. The molecule has 3 heteroatoms. The van der Waals surface area contributed by atoms with Gasteiger partial charge in [0.15, 0.2) is 0 Å². The van der Waals surface area contributed by atoms with Crippen molar-refractivity contribution in [3.8, 4) is 11.1 Å². The van der Waals surface area contributed by atoms with Gasteiger partial charge in [-0.05, 0) is 101 Å². The van der Waals surface area contributed by atoms with E-state index in [1.807, 2.05) is 0 Å². The summed E-state index contributed by atoms with van der Waals surface area (Å²) in [6, 6.07) is 39.0. The number of nitrogens with zero attached hydrogens (tertiary/aromatic N) is 1. The van der Waals surface area contributed by atoms with Gasteiger partial charge in [-0.2, -0.15) is 0 Å². The molecule has 0 saturated heterocycles. The van der Waals surface area contributed by atoms with Crippen molar-refractivity contribution >= 4 is 39.4 Å². The molecular formula is C49H47N3. The lowest BCUT2D eigenvalue weighted by atomic mass is 9.83. The van der Waals surface area contributed by atoms with Gasteiger partial charge in [-0.15, -0.1) is 0 Å². The highest BCUT2D eigenvalue weighted by atomic mass is 15.2. The first-order valence-electron chi connectivity index (χ1n) is 18.1. The zero-order valence-corrected chi connectivity index (χ0v) is 30.7. The number of allylic oxidation sites excluding steroid dienone is 8. The van der Waals surface area contributed by atoms with Crippen molar-refractivity contribution in [1.29, 1.82) is 0 Å². The monoisotopic (exact) mass is 677 g/mol. The zero-order valence-electron chi connectivity index (χ0n) is 30.7. The van der Waals surface area contributed by atoms with Crippen LogP contribution in [0.3, 0.4) is 0 Å². The van der Waals surface area contributed by atoms with Crippen LogP contribution in [0.5, 0.6) is 0 Å². The molecule has 5 aromatic rings. The van der Waals surface area contributed by atoms with Crippen LogP contribution in [0.15, 0.2) is 170 Å². The van der Waals surface area contributed by atoms with Crippen LogP contribution in [0.1, 0.15) is 48.1 Å². The Balaban J connectivity index is 1.26. The molecule has 0 amide bonds. The van der Waals surface area contributed by atoms with Crippen LogP contribution in [0.25, 0.3) is 44.8 Å². The summed E-state index contributed by atoms with van der Waals surface area (Å²) >= 11 is 0. The third-order valence-electron chi connectivity index (χ3n) is 10.4. The van der Waals surface area contributed by atoms with E-state index in [4.69, 9.17) is 0 Å². The molecule has 3 nitrogen and oxygen atoms in total. The number of para-hydroxylation sites is 1. The van der Waals surface area contributed by atoms with Crippen molar-refractivity contribution in [2.24, 2.45) is 5.92 Å².